The standard InChI is InChI=1S/C24H30N2O4S/c1-18(2)12-14-26-21-11-10-20(16-22(21)30-17-24(3,4)23(26)27)25-31(28,29)15-13-19-8-6-5-7-9-19/h5-11,13,15-16,18,25H,12,14,17H2,1-4H3/b15-13+. The van der Waals surface area contributed by atoms with E-state index in [9.17, 15) is 13.2 Å². The van der Waals surface area contributed by atoms with Gasteiger partial charge in [-0.15, -0.1) is 0 Å². The van der Waals surface area contributed by atoms with Gasteiger partial charge in [0.25, 0.3) is 10.0 Å². The minimum atomic E-state index is -3.70. The third-order valence-corrected chi connectivity index (χ3v) is 6.11. The van der Waals surface area contributed by atoms with E-state index in [2.05, 4.69) is 18.6 Å². The van der Waals surface area contributed by atoms with Crippen LogP contribution in [0.3, 0.4) is 0 Å². The van der Waals surface area contributed by atoms with Crippen molar-refractivity contribution in [2.75, 3.05) is 22.8 Å². The number of anilines is 2. The van der Waals surface area contributed by atoms with Crippen molar-refractivity contribution >= 4 is 33.4 Å². The van der Waals surface area contributed by atoms with Gasteiger partial charge in [-0.3, -0.25) is 9.52 Å². The Balaban J connectivity index is 1.85. The zero-order valence-corrected chi connectivity index (χ0v) is 19.3. The van der Waals surface area contributed by atoms with E-state index in [-0.39, 0.29) is 12.5 Å². The molecule has 0 atom stereocenters. The van der Waals surface area contributed by atoms with E-state index in [0.717, 1.165) is 17.4 Å². The van der Waals surface area contributed by atoms with Gasteiger partial charge in [0.15, 0.2) is 0 Å². The van der Waals surface area contributed by atoms with Crippen molar-refractivity contribution in [1.29, 1.82) is 0 Å². The molecule has 31 heavy (non-hydrogen) atoms. The highest BCUT2D eigenvalue weighted by Crippen LogP contribution is 2.38. The van der Waals surface area contributed by atoms with E-state index in [1.54, 1.807) is 23.1 Å². The Kier molecular flexibility index (Phi) is 6.74. The first kappa shape index (κ1) is 22.9. The zero-order valence-electron chi connectivity index (χ0n) is 18.5. The van der Waals surface area contributed by atoms with Crippen molar-refractivity contribution in [3.8, 4) is 5.75 Å². The summed E-state index contributed by atoms with van der Waals surface area (Å²) in [5.41, 5.74) is 1.17. The molecule has 1 N–H and O–H groups in total. The van der Waals surface area contributed by atoms with E-state index in [4.69, 9.17) is 4.74 Å². The maximum Gasteiger partial charge on any atom is 0.255 e. The highest BCUT2D eigenvalue weighted by molar-refractivity contribution is 7.95. The second-order valence-electron chi connectivity index (χ2n) is 8.85. The Bertz CT molecular complexity index is 1060. The van der Waals surface area contributed by atoms with Gasteiger partial charge < -0.3 is 9.64 Å². The highest BCUT2D eigenvalue weighted by atomic mass is 32.2. The van der Waals surface area contributed by atoms with Crippen LogP contribution < -0.4 is 14.4 Å². The molecule has 2 aromatic carbocycles. The predicted molar refractivity (Wildman–Crippen MR) is 126 cm³/mol. The lowest BCUT2D eigenvalue weighted by molar-refractivity contribution is -0.127. The van der Waals surface area contributed by atoms with Gasteiger partial charge in [0.2, 0.25) is 5.91 Å². The molecule has 166 valence electrons. The molecule has 0 bridgehead atoms. The summed E-state index contributed by atoms with van der Waals surface area (Å²) in [6.07, 6.45) is 2.40. The molecule has 0 radical (unpaired) electrons. The van der Waals surface area contributed by atoms with Crippen LogP contribution in [0.25, 0.3) is 6.08 Å². The molecule has 1 aliphatic rings. The fourth-order valence-electron chi connectivity index (χ4n) is 3.25. The molecular weight excluding hydrogens is 412 g/mol. The van der Waals surface area contributed by atoms with Gasteiger partial charge in [-0.05, 0) is 50.0 Å². The van der Waals surface area contributed by atoms with Crippen LogP contribution in [0.5, 0.6) is 5.75 Å². The number of amides is 1. The normalized spacial score (nSPS) is 16.2. The van der Waals surface area contributed by atoms with Crippen LogP contribution in [0.4, 0.5) is 11.4 Å². The summed E-state index contributed by atoms with van der Waals surface area (Å²) < 4.78 is 33.5. The maximum atomic E-state index is 13.1. The molecule has 7 heteroatoms. The summed E-state index contributed by atoms with van der Waals surface area (Å²) in [6.45, 7) is 8.77. The van der Waals surface area contributed by atoms with E-state index in [0.29, 0.717) is 29.6 Å². The number of nitrogens with one attached hydrogen (secondary N) is 1. The minimum absolute atomic E-state index is 0.00558. The molecule has 3 rings (SSSR count). The smallest absolute Gasteiger partial charge is 0.255 e. The van der Waals surface area contributed by atoms with Gasteiger partial charge in [-0.2, -0.15) is 0 Å². The van der Waals surface area contributed by atoms with Gasteiger partial charge in [0, 0.05) is 12.6 Å². The Morgan fingerprint density at radius 3 is 2.55 bits per heavy atom. The molecule has 6 nitrogen and oxygen atoms in total. The fourth-order valence-corrected chi connectivity index (χ4v) is 4.11. The quantitative estimate of drug-likeness (QED) is 0.662. The van der Waals surface area contributed by atoms with Gasteiger partial charge in [0.05, 0.1) is 22.2 Å². The number of carbonyl (C=O) groups is 1. The van der Waals surface area contributed by atoms with Crippen molar-refractivity contribution in [2.45, 2.75) is 34.1 Å². The summed E-state index contributed by atoms with van der Waals surface area (Å²) in [5, 5.41) is 1.14. The van der Waals surface area contributed by atoms with Crippen LogP contribution in [0.15, 0.2) is 53.9 Å². The predicted octanol–water partition coefficient (Wildman–Crippen LogP) is 4.90. The molecule has 0 saturated carbocycles. The van der Waals surface area contributed by atoms with Gasteiger partial charge in [-0.1, -0.05) is 44.2 Å². The average Bonchev–Trinajstić information content (AvgIpc) is 2.80. The number of ether oxygens (including phenoxy) is 1. The molecule has 1 amide bonds. The third-order valence-electron chi connectivity index (χ3n) is 5.09. The number of sulfonamides is 1. The first-order valence-electron chi connectivity index (χ1n) is 10.4. The summed E-state index contributed by atoms with van der Waals surface area (Å²) in [5.74, 6) is 0.951. The number of nitrogens with zero attached hydrogens (tertiary/aromatic N) is 1. The largest absolute Gasteiger partial charge is 0.490 e. The first-order valence-corrected chi connectivity index (χ1v) is 12.0. The lowest BCUT2D eigenvalue weighted by Crippen LogP contribution is -2.42. The number of fused-ring (bicyclic) bond motifs is 1. The first-order chi connectivity index (χ1) is 14.6. The van der Waals surface area contributed by atoms with Crippen LogP contribution >= 0.6 is 0 Å². The second-order valence-corrected chi connectivity index (χ2v) is 10.4. The van der Waals surface area contributed by atoms with Crippen LogP contribution in [-0.4, -0.2) is 27.5 Å². The molecule has 0 spiro atoms. The summed E-state index contributed by atoms with van der Waals surface area (Å²) in [4.78, 5) is 14.9. The molecule has 0 aromatic heterocycles. The Morgan fingerprint density at radius 2 is 1.87 bits per heavy atom. The number of benzene rings is 2. The summed E-state index contributed by atoms with van der Waals surface area (Å²) in [7, 11) is -3.70. The van der Waals surface area contributed by atoms with Crippen molar-refractivity contribution in [1.82, 2.24) is 0 Å². The molecular formula is C24H30N2O4S. The van der Waals surface area contributed by atoms with Crippen molar-refractivity contribution < 1.29 is 17.9 Å². The monoisotopic (exact) mass is 442 g/mol. The van der Waals surface area contributed by atoms with Crippen LogP contribution in [0.1, 0.15) is 39.7 Å². The molecule has 2 aromatic rings. The zero-order chi connectivity index (χ0) is 22.6. The van der Waals surface area contributed by atoms with E-state index < -0.39 is 15.4 Å². The lowest BCUT2D eigenvalue weighted by Gasteiger charge is -2.28. The number of rotatable bonds is 7. The summed E-state index contributed by atoms with van der Waals surface area (Å²) in [6, 6.07) is 14.3. The van der Waals surface area contributed by atoms with Crippen molar-refractivity contribution in [3.05, 3.63) is 59.5 Å². The third kappa shape index (κ3) is 5.88. The number of carbonyl (C=O) groups excluding carboxylic acids is 1. The number of hydrogen-bond acceptors (Lipinski definition) is 4. The van der Waals surface area contributed by atoms with Crippen molar-refractivity contribution in [3.63, 3.8) is 0 Å². The lowest BCUT2D eigenvalue weighted by atomic mass is 9.92. The van der Waals surface area contributed by atoms with Gasteiger partial charge >= 0.3 is 0 Å². The van der Waals surface area contributed by atoms with Crippen molar-refractivity contribution in [2.24, 2.45) is 11.3 Å². The maximum absolute atomic E-state index is 13.1. The average molecular weight is 443 g/mol. The molecule has 0 saturated heterocycles. The van der Waals surface area contributed by atoms with Crippen LogP contribution in [0.2, 0.25) is 0 Å². The molecule has 0 fully saturated rings. The summed E-state index contributed by atoms with van der Waals surface area (Å²) >= 11 is 0. The topological polar surface area (TPSA) is 75.7 Å². The minimum Gasteiger partial charge on any atom is -0.490 e. The molecule has 0 unspecified atom stereocenters. The van der Waals surface area contributed by atoms with E-state index in [1.807, 2.05) is 44.2 Å². The fraction of sp³-hybridized carbons (Fsp3) is 0.375. The highest BCUT2D eigenvalue weighted by Gasteiger charge is 2.37. The number of hydrogen-bond donors (Lipinski definition) is 1. The Hall–Kier alpha value is -2.80. The van der Waals surface area contributed by atoms with Crippen LogP contribution in [-0.2, 0) is 14.8 Å². The SMILES string of the molecule is CC(C)CCN1C(=O)C(C)(C)COc2cc(NS(=O)(=O)/C=C/c3ccccc3)ccc21. The second kappa shape index (κ2) is 9.14. The molecule has 1 heterocycles. The Morgan fingerprint density at radius 1 is 1.16 bits per heavy atom. The Labute approximate surface area is 185 Å². The van der Waals surface area contributed by atoms with Gasteiger partial charge in [-0.25, -0.2) is 8.42 Å². The van der Waals surface area contributed by atoms with E-state index >= 15 is 0 Å². The van der Waals surface area contributed by atoms with E-state index in [1.165, 1.54) is 6.08 Å². The molecule has 0 aliphatic carbocycles. The van der Waals surface area contributed by atoms with Gasteiger partial charge in [0.1, 0.15) is 12.4 Å². The van der Waals surface area contributed by atoms with Crippen LogP contribution in [0, 0.1) is 11.3 Å². The molecule has 1 aliphatic heterocycles.